The topological polar surface area (TPSA) is 121 Å². The Morgan fingerprint density at radius 2 is 2.14 bits per heavy atom. The van der Waals surface area contributed by atoms with Gasteiger partial charge in [-0.05, 0) is 19.4 Å². The van der Waals surface area contributed by atoms with Gasteiger partial charge < -0.3 is 25.3 Å². The van der Waals surface area contributed by atoms with Crippen molar-refractivity contribution in [2.24, 2.45) is 16.6 Å². The Kier molecular flexibility index (Phi) is 6.14. The van der Waals surface area contributed by atoms with E-state index in [1.165, 1.54) is 30.2 Å². The van der Waals surface area contributed by atoms with Crippen LogP contribution >= 0.6 is 11.8 Å². The molecule has 1 aromatic heterocycles. The van der Waals surface area contributed by atoms with Crippen LogP contribution in [0.4, 0.5) is 14.5 Å². The van der Waals surface area contributed by atoms with E-state index >= 15 is 4.39 Å². The van der Waals surface area contributed by atoms with E-state index in [1.807, 2.05) is 0 Å². The van der Waals surface area contributed by atoms with Gasteiger partial charge in [0.25, 0.3) is 5.91 Å². The van der Waals surface area contributed by atoms with Gasteiger partial charge in [0, 0.05) is 43.4 Å². The SMILES string of the molecule is COC[C@]12C[C@H]1[C@](C)(c1cc(NC(=O)c3cnc(OCC4CCO4)cn3)cc(F)c1F)N=C(N)S2. The highest BCUT2D eigenvalue weighted by molar-refractivity contribution is 8.15. The van der Waals surface area contributed by atoms with Crippen molar-refractivity contribution >= 4 is 28.5 Å². The van der Waals surface area contributed by atoms with Gasteiger partial charge in [-0.25, -0.2) is 18.7 Å². The fraction of sp³-hybridized carbons (Fsp3) is 0.478. The summed E-state index contributed by atoms with van der Waals surface area (Å²) in [6.45, 7) is 3.22. The van der Waals surface area contributed by atoms with Crippen molar-refractivity contribution in [3.8, 4) is 5.88 Å². The van der Waals surface area contributed by atoms with E-state index in [1.54, 1.807) is 14.0 Å². The number of thioether (sulfide) groups is 1. The summed E-state index contributed by atoms with van der Waals surface area (Å²) in [5.74, 6) is -2.60. The van der Waals surface area contributed by atoms with Crippen molar-refractivity contribution in [3.05, 3.63) is 47.4 Å². The van der Waals surface area contributed by atoms with Gasteiger partial charge in [0.2, 0.25) is 5.88 Å². The molecule has 9 nitrogen and oxygen atoms in total. The number of aromatic nitrogens is 2. The number of nitrogens with two attached hydrogens (primary N) is 1. The van der Waals surface area contributed by atoms with E-state index in [0.717, 1.165) is 19.1 Å². The number of aliphatic imine (C=N–C) groups is 1. The molecular weight excluding hydrogens is 480 g/mol. The fourth-order valence-corrected chi connectivity index (χ4v) is 6.11. The van der Waals surface area contributed by atoms with Crippen LogP contribution in [0.3, 0.4) is 0 Å². The number of carbonyl (C=O) groups is 1. The summed E-state index contributed by atoms with van der Waals surface area (Å²) in [6.07, 6.45) is 4.24. The molecular formula is C23H25F2N5O4S. The van der Waals surface area contributed by atoms with Crippen LogP contribution in [0.1, 0.15) is 35.8 Å². The van der Waals surface area contributed by atoms with Crippen molar-refractivity contribution in [1.82, 2.24) is 9.97 Å². The molecule has 1 aromatic carbocycles. The molecule has 1 saturated heterocycles. The minimum Gasteiger partial charge on any atom is -0.474 e. The molecule has 0 radical (unpaired) electrons. The first-order valence-corrected chi connectivity index (χ1v) is 12.0. The number of benzene rings is 1. The Bertz CT molecular complexity index is 1180. The molecule has 1 aliphatic carbocycles. The molecule has 1 amide bonds. The number of anilines is 1. The predicted molar refractivity (Wildman–Crippen MR) is 125 cm³/mol. The summed E-state index contributed by atoms with van der Waals surface area (Å²) in [4.78, 5) is 25.3. The highest BCUT2D eigenvalue weighted by atomic mass is 32.2. The second-order valence-electron chi connectivity index (χ2n) is 9.06. The summed E-state index contributed by atoms with van der Waals surface area (Å²) in [5.41, 5.74) is 5.04. The van der Waals surface area contributed by atoms with Crippen molar-refractivity contribution in [2.75, 3.05) is 32.2 Å². The average Bonchev–Trinajstić information content (AvgIpc) is 3.50. The molecule has 2 fully saturated rings. The molecule has 186 valence electrons. The highest BCUT2D eigenvalue weighted by Crippen LogP contribution is 2.66. The molecule has 5 rings (SSSR count). The average molecular weight is 506 g/mol. The van der Waals surface area contributed by atoms with Crippen LogP contribution in [0.5, 0.6) is 5.88 Å². The van der Waals surface area contributed by atoms with Crippen molar-refractivity contribution < 1.29 is 27.8 Å². The quantitative estimate of drug-likeness (QED) is 0.562. The van der Waals surface area contributed by atoms with Gasteiger partial charge in [-0.2, -0.15) is 0 Å². The first-order chi connectivity index (χ1) is 16.7. The summed E-state index contributed by atoms with van der Waals surface area (Å²) < 4.78 is 45.4. The molecule has 3 heterocycles. The number of amides is 1. The number of nitrogens with zero attached hydrogens (tertiary/aromatic N) is 3. The van der Waals surface area contributed by atoms with Crippen molar-refractivity contribution in [3.63, 3.8) is 0 Å². The van der Waals surface area contributed by atoms with Crippen LogP contribution in [0, 0.1) is 17.6 Å². The standard InChI is InChI=1S/C23H25F2N5O4S/c1-22(17-7-23(17,11-32-2)35-21(26)30-22)14-5-12(6-15(24)19(14)25)29-20(31)16-8-28-18(9-27-16)34-10-13-3-4-33-13/h5-6,8-9,13,17H,3-4,7,10-11H2,1-2H3,(H2,26,30)(H,29,31)/t13?,17-,22-,23+/m0/s1. The monoisotopic (exact) mass is 505 g/mol. The zero-order chi connectivity index (χ0) is 24.8. The van der Waals surface area contributed by atoms with Gasteiger partial charge in [0.1, 0.15) is 12.3 Å². The molecule has 3 N–H and O–H groups in total. The minimum atomic E-state index is -1.11. The first kappa shape index (κ1) is 23.9. The number of fused-ring (bicyclic) bond motifs is 1. The van der Waals surface area contributed by atoms with Gasteiger partial charge in [-0.3, -0.25) is 9.79 Å². The van der Waals surface area contributed by atoms with Gasteiger partial charge in [0.15, 0.2) is 16.8 Å². The molecule has 0 bridgehead atoms. The number of rotatable bonds is 8. The summed E-state index contributed by atoms with van der Waals surface area (Å²) >= 11 is 1.40. The largest absolute Gasteiger partial charge is 0.474 e. The lowest BCUT2D eigenvalue weighted by Crippen LogP contribution is -2.38. The molecule has 1 saturated carbocycles. The molecule has 35 heavy (non-hydrogen) atoms. The maximum Gasteiger partial charge on any atom is 0.275 e. The van der Waals surface area contributed by atoms with E-state index in [-0.39, 0.29) is 44.8 Å². The van der Waals surface area contributed by atoms with Crippen LogP contribution < -0.4 is 15.8 Å². The summed E-state index contributed by atoms with van der Waals surface area (Å²) in [7, 11) is 1.59. The van der Waals surface area contributed by atoms with Gasteiger partial charge in [-0.15, -0.1) is 0 Å². The lowest BCUT2D eigenvalue weighted by atomic mass is 9.85. The number of carbonyl (C=O) groups excluding carboxylic acids is 1. The predicted octanol–water partition coefficient (Wildman–Crippen LogP) is 2.86. The lowest BCUT2D eigenvalue weighted by Gasteiger charge is -2.34. The van der Waals surface area contributed by atoms with Gasteiger partial charge in [0.05, 0.1) is 35.4 Å². The van der Waals surface area contributed by atoms with E-state index < -0.39 is 23.1 Å². The van der Waals surface area contributed by atoms with Crippen LogP contribution in [0.25, 0.3) is 0 Å². The lowest BCUT2D eigenvalue weighted by molar-refractivity contribution is -0.0727. The second kappa shape index (κ2) is 8.99. The van der Waals surface area contributed by atoms with E-state index in [4.69, 9.17) is 19.9 Å². The van der Waals surface area contributed by atoms with Crippen molar-refractivity contribution in [2.45, 2.75) is 36.2 Å². The normalized spacial score (nSPS) is 29.0. The van der Waals surface area contributed by atoms with Crippen molar-refractivity contribution in [1.29, 1.82) is 0 Å². The molecule has 12 heteroatoms. The molecule has 0 spiro atoms. The number of hydrogen-bond acceptors (Lipinski definition) is 9. The molecule has 4 atom stereocenters. The number of amidine groups is 1. The Morgan fingerprint density at radius 1 is 1.34 bits per heavy atom. The molecule has 2 aliphatic heterocycles. The Hall–Kier alpha value is -2.83. The third-order valence-electron chi connectivity index (χ3n) is 6.64. The Balaban J connectivity index is 1.35. The fourth-order valence-electron chi connectivity index (χ4n) is 4.66. The molecule has 1 unspecified atom stereocenters. The van der Waals surface area contributed by atoms with Gasteiger partial charge >= 0.3 is 0 Å². The molecule has 3 aliphatic rings. The third kappa shape index (κ3) is 4.45. The zero-order valence-electron chi connectivity index (χ0n) is 19.2. The number of methoxy groups -OCH3 is 1. The van der Waals surface area contributed by atoms with Crippen LogP contribution in [-0.4, -0.2) is 58.8 Å². The summed E-state index contributed by atoms with van der Waals surface area (Å²) in [6, 6.07) is 2.31. The Labute approximate surface area is 204 Å². The van der Waals surface area contributed by atoms with Crippen LogP contribution in [0.15, 0.2) is 29.5 Å². The van der Waals surface area contributed by atoms with E-state index in [2.05, 4.69) is 20.3 Å². The minimum absolute atomic E-state index is 0.00706. The van der Waals surface area contributed by atoms with E-state index in [0.29, 0.717) is 19.6 Å². The number of halogens is 2. The highest BCUT2D eigenvalue weighted by Gasteiger charge is 2.66. The first-order valence-electron chi connectivity index (χ1n) is 11.1. The van der Waals surface area contributed by atoms with Crippen LogP contribution in [0.2, 0.25) is 0 Å². The molecule has 2 aromatic rings. The maximum absolute atomic E-state index is 15.0. The number of hydrogen-bond donors (Lipinski definition) is 2. The van der Waals surface area contributed by atoms with Gasteiger partial charge in [-0.1, -0.05) is 11.8 Å². The van der Waals surface area contributed by atoms with Crippen LogP contribution in [-0.2, 0) is 15.0 Å². The third-order valence-corrected chi connectivity index (χ3v) is 7.92. The number of ether oxygens (including phenoxy) is 3. The summed E-state index contributed by atoms with van der Waals surface area (Å²) in [5, 5.41) is 2.85. The maximum atomic E-state index is 15.0. The second-order valence-corrected chi connectivity index (χ2v) is 10.5. The van der Waals surface area contributed by atoms with E-state index in [9.17, 15) is 9.18 Å². The Morgan fingerprint density at radius 3 is 2.80 bits per heavy atom. The zero-order valence-corrected chi connectivity index (χ0v) is 20.0. The number of nitrogens with one attached hydrogen (secondary N) is 1. The smallest absolute Gasteiger partial charge is 0.275 e.